The van der Waals surface area contributed by atoms with Gasteiger partial charge in [0.1, 0.15) is 11.6 Å². The van der Waals surface area contributed by atoms with E-state index in [2.05, 4.69) is 10.0 Å². The number of anilines is 1. The highest BCUT2D eigenvalue weighted by Gasteiger charge is 2.17. The summed E-state index contributed by atoms with van der Waals surface area (Å²) in [6.07, 6.45) is -1.33. The van der Waals surface area contributed by atoms with Crippen LogP contribution < -0.4 is 10.0 Å². The third kappa shape index (κ3) is 5.36. The fourth-order valence-electron chi connectivity index (χ4n) is 2.95. The molecule has 3 aromatic rings. The number of halogens is 2. The number of aliphatic hydroxyl groups excluding tert-OH is 1. The zero-order valence-corrected chi connectivity index (χ0v) is 16.7. The van der Waals surface area contributed by atoms with Crippen LogP contribution in [-0.4, -0.2) is 31.3 Å². The molecule has 0 aliphatic rings. The van der Waals surface area contributed by atoms with E-state index in [1.54, 1.807) is 6.07 Å². The van der Waals surface area contributed by atoms with Crippen molar-refractivity contribution in [3.8, 4) is 11.1 Å². The van der Waals surface area contributed by atoms with Crippen LogP contribution in [0.1, 0.15) is 11.6 Å². The summed E-state index contributed by atoms with van der Waals surface area (Å²) in [5, 5.41) is 20.3. The van der Waals surface area contributed by atoms with Crippen LogP contribution in [-0.2, 0) is 10.0 Å². The van der Waals surface area contributed by atoms with Crippen molar-refractivity contribution in [3.63, 3.8) is 0 Å². The molecule has 0 bridgehead atoms. The maximum atomic E-state index is 13.9. The second-order valence-electron chi connectivity index (χ2n) is 6.56. The van der Waals surface area contributed by atoms with Gasteiger partial charge in [-0.2, -0.15) is 0 Å². The molecule has 0 heterocycles. The van der Waals surface area contributed by atoms with Crippen LogP contribution in [0.25, 0.3) is 11.1 Å². The summed E-state index contributed by atoms with van der Waals surface area (Å²) in [5.41, 5.74) is 1.04. The van der Waals surface area contributed by atoms with Crippen molar-refractivity contribution >= 4 is 21.8 Å². The van der Waals surface area contributed by atoms with Gasteiger partial charge in [-0.05, 0) is 47.5 Å². The number of rotatable bonds is 7. The van der Waals surface area contributed by atoms with Gasteiger partial charge in [0.15, 0.2) is 0 Å². The average Bonchev–Trinajstić information content (AvgIpc) is 2.72. The molecule has 3 rings (SSSR count). The van der Waals surface area contributed by atoms with E-state index in [-0.39, 0.29) is 16.1 Å². The molecule has 10 heteroatoms. The highest BCUT2D eigenvalue weighted by molar-refractivity contribution is 7.92. The van der Waals surface area contributed by atoms with Crippen molar-refractivity contribution in [2.24, 2.45) is 0 Å². The van der Waals surface area contributed by atoms with E-state index < -0.39 is 40.4 Å². The Balaban J connectivity index is 1.82. The Hall–Kier alpha value is -3.50. The van der Waals surface area contributed by atoms with Crippen molar-refractivity contribution in [1.82, 2.24) is 5.32 Å². The molecule has 0 saturated heterocycles. The van der Waals surface area contributed by atoms with E-state index in [1.807, 2.05) is 0 Å². The molecule has 0 aliphatic carbocycles. The van der Waals surface area contributed by atoms with E-state index in [0.717, 1.165) is 12.1 Å². The number of amides is 1. The summed E-state index contributed by atoms with van der Waals surface area (Å²) in [6, 6.07) is 13.5. The van der Waals surface area contributed by atoms with Crippen molar-refractivity contribution in [2.45, 2.75) is 10.9 Å². The van der Waals surface area contributed by atoms with Gasteiger partial charge in [0.25, 0.3) is 10.0 Å². The average molecular weight is 448 g/mol. The largest absolute Gasteiger partial charge is 0.465 e. The summed E-state index contributed by atoms with van der Waals surface area (Å²) in [7, 11) is -4.00. The Morgan fingerprint density at radius 1 is 1.00 bits per heavy atom. The number of sulfonamides is 1. The molecule has 4 N–H and O–H groups in total. The van der Waals surface area contributed by atoms with Crippen LogP contribution >= 0.6 is 0 Å². The van der Waals surface area contributed by atoms with Gasteiger partial charge in [-0.25, -0.2) is 22.0 Å². The Morgan fingerprint density at radius 2 is 1.71 bits per heavy atom. The first-order valence-corrected chi connectivity index (χ1v) is 10.5. The molecular weight excluding hydrogens is 430 g/mol. The smallest absolute Gasteiger partial charge is 0.405 e. The minimum absolute atomic E-state index is 0.0912. The Bertz CT molecular complexity index is 1200. The van der Waals surface area contributed by atoms with Gasteiger partial charge in [-0.3, -0.25) is 4.72 Å². The standard InChI is InChI=1S/C21H18F2N2O5S/c22-15-6-9-18(19(23)11-15)13-4-7-17(8-5-13)31(29,30)25-16-3-1-2-14(10-16)20(12-26)24-21(27)28/h1-11,20,24-26H,12H2,(H,27,28). The monoisotopic (exact) mass is 448 g/mol. The minimum Gasteiger partial charge on any atom is -0.465 e. The van der Waals surface area contributed by atoms with Crippen LogP contribution in [0, 0.1) is 11.6 Å². The lowest BCUT2D eigenvalue weighted by molar-refractivity contribution is 0.177. The summed E-state index contributed by atoms with van der Waals surface area (Å²) in [5.74, 6) is -1.48. The van der Waals surface area contributed by atoms with Crippen molar-refractivity contribution in [3.05, 3.63) is 83.9 Å². The van der Waals surface area contributed by atoms with Crippen molar-refractivity contribution in [1.29, 1.82) is 0 Å². The highest BCUT2D eigenvalue weighted by atomic mass is 32.2. The lowest BCUT2D eigenvalue weighted by Gasteiger charge is -2.16. The van der Waals surface area contributed by atoms with Crippen LogP contribution in [0.5, 0.6) is 0 Å². The maximum Gasteiger partial charge on any atom is 0.405 e. The van der Waals surface area contributed by atoms with Gasteiger partial charge in [-0.1, -0.05) is 24.3 Å². The summed E-state index contributed by atoms with van der Waals surface area (Å²) < 4.78 is 54.8. The van der Waals surface area contributed by atoms with Crippen LogP contribution in [0.15, 0.2) is 71.6 Å². The first-order valence-electron chi connectivity index (χ1n) is 8.98. The number of hydrogen-bond acceptors (Lipinski definition) is 4. The van der Waals surface area contributed by atoms with E-state index in [0.29, 0.717) is 11.1 Å². The summed E-state index contributed by atoms with van der Waals surface area (Å²) in [6.45, 7) is -0.510. The molecule has 1 unspecified atom stereocenters. The topological polar surface area (TPSA) is 116 Å². The number of carbonyl (C=O) groups is 1. The molecule has 0 radical (unpaired) electrons. The molecule has 162 valence electrons. The van der Waals surface area contributed by atoms with Gasteiger partial charge >= 0.3 is 6.09 Å². The van der Waals surface area contributed by atoms with E-state index in [1.165, 1.54) is 48.5 Å². The number of aliphatic hydroxyl groups is 1. The van der Waals surface area contributed by atoms with Gasteiger partial charge in [-0.15, -0.1) is 0 Å². The van der Waals surface area contributed by atoms with Crippen molar-refractivity contribution in [2.75, 3.05) is 11.3 Å². The molecule has 0 saturated carbocycles. The summed E-state index contributed by atoms with van der Waals surface area (Å²) >= 11 is 0. The molecular formula is C21H18F2N2O5S. The molecule has 0 spiro atoms. The molecule has 1 amide bonds. The van der Waals surface area contributed by atoms with Crippen LogP contribution in [0.4, 0.5) is 19.3 Å². The number of hydrogen-bond donors (Lipinski definition) is 4. The first kappa shape index (κ1) is 22.2. The fourth-order valence-corrected chi connectivity index (χ4v) is 4.00. The van der Waals surface area contributed by atoms with Gasteiger partial charge in [0, 0.05) is 17.3 Å². The third-order valence-electron chi connectivity index (χ3n) is 4.43. The molecule has 0 aromatic heterocycles. The normalized spacial score (nSPS) is 12.2. The quantitative estimate of drug-likeness (QED) is 0.440. The predicted molar refractivity (Wildman–Crippen MR) is 110 cm³/mol. The molecule has 1 atom stereocenters. The zero-order chi connectivity index (χ0) is 22.6. The Kier molecular flexibility index (Phi) is 6.52. The second-order valence-corrected chi connectivity index (χ2v) is 8.25. The van der Waals surface area contributed by atoms with E-state index in [4.69, 9.17) is 5.11 Å². The van der Waals surface area contributed by atoms with E-state index in [9.17, 15) is 27.1 Å². The number of carboxylic acid groups (broad SMARTS) is 1. The number of benzene rings is 3. The lowest BCUT2D eigenvalue weighted by atomic mass is 10.1. The van der Waals surface area contributed by atoms with E-state index >= 15 is 0 Å². The predicted octanol–water partition coefficient (Wildman–Crippen LogP) is 3.73. The lowest BCUT2D eigenvalue weighted by Crippen LogP contribution is -2.29. The van der Waals surface area contributed by atoms with Crippen molar-refractivity contribution < 1.29 is 32.2 Å². The zero-order valence-electron chi connectivity index (χ0n) is 15.9. The molecule has 0 fully saturated rings. The Labute approximate surface area is 177 Å². The summed E-state index contributed by atoms with van der Waals surface area (Å²) in [4.78, 5) is 10.7. The fraction of sp³-hybridized carbons (Fsp3) is 0.0952. The van der Waals surface area contributed by atoms with Gasteiger partial charge in [0.2, 0.25) is 0 Å². The van der Waals surface area contributed by atoms with Crippen LogP contribution in [0.3, 0.4) is 0 Å². The molecule has 0 aliphatic heterocycles. The Morgan fingerprint density at radius 3 is 2.32 bits per heavy atom. The van der Waals surface area contributed by atoms with Gasteiger partial charge in [0.05, 0.1) is 17.5 Å². The highest BCUT2D eigenvalue weighted by Crippen LogP contribution is 2.26. The first-order chi connectivity index (χ1) is 14.7. The maximum absolute atomic E-state index is 13.9. The molecule has 3 aromatic carbocycles. The third-order valence-corrected chi connectivity index (χ3v) is 5.83. The number of nitrogens with one attached hydrogen (secondary N) is 2. The minimum atomic E-state index is -4.00. The van der Waals surface area contributed by atoms with Gasteiger partial charge < -0.3 is 15.5 Å². The molecule has 7 nitrogen and oxygen atoms in total. The second kappa shape index (κ2) is 9.11. The molecule has 31 heavy (non-hydrogen) atoms. The SMILES string of the molecule is O=C(O)NC(CO)c1cccc(NS(=O)(=O)c2ccc(-c3ccc(F)cc3F)cc2)c1. The van der Waals surface area contributed by atoms with Crippen LogP contribution in [0.2, 0.25) is 0 Å².